The van der Waals surface area contributed by atoms with Gasteiger partial charge in [0.1, 0.15) is 18.2 Å². The number of hydrogen-bond donors (Lipinski definition) is 0. The zero-order valence-electron chi connectivity index (χ0n) is 22.4. The van der Waals surface area contributed by atoms with Crippen LogP contribution in [0.15, 0.2) is 30.3 Å². The molecule has 1 unspecified atom stereocenters. The van der Waals surface area contributed by atoms with Gasteiger partial charge >= 0.3 is 12.2 Å². The van der Waals surface area contributed by atoms with Crippen LogP contribution in [0.1, 0.15) is 53.0 Å². The SMILES string of the molecule is CCN(CC)C(=O)C1CN(C2CCN(C(=O)OC(C)(C)C)CC2)CCN1C(=O)OCc1ccccc1. The average molecular weight is 503 g/mol. The van der Waals surface area contributed by atoms with E-state index in [0.29, 0.717) is 45.8 Å². The molecule has 3 amide bonds. The van der Waals surface area contributed by atoms with Crippen LogP contribution < -0.4 is 0 Å². The molecule has 9 heteroatoms. The molecule has 9 nitrogen and oxygen atoms in total. The molecule has 200 valence electrons. The first-order valence-corrected chi connectivity index (χ1v) is 13.1. The van der Waals surface area contributed by atoms with Gasteiger partial charge in [-0.05, 0) is 53.0 Å². The lowest BCUT2D eigenvalue weighted by atomic mass is 10.0. The molecule has 1 atom stereocenters. The van der Waals surface area contributed by atoms with Gasteiger partial charge in [-0.1, -0.05) is 30.3 Å². The van der Waals surface area contributed by atoms with Crippen LogP contribution >= 0.6 is 0 Å². The van der Waals surface area contributed by atoms with Crippen LogP contribution in [0, 0.1) is 0 Å². The van der Waals surface area contributed by atoms with E-state index >= 15 is 0 Å². The van der Waals surface area contributed by atoms with Crippen molar-refractivity contribution in [3.05, 3.63) is 35.9 Å². The number of ether oxygens (including phenoxy) is 2. The summed E-state index contributed by atoms with van der Waals surface area (Å²) in [6, 6.07) is 9.21. The third kappa shape index (κ3) is 7.35. The van der Waals surface area contributed by atoms with Crippen LogP contribution in [0.2, 0.25) is 0 Å². The molecule has 1 aromatic rings. The molecule has 0 radical (unpaired) electrons. The minimum atomic E-state index is -0.592. The molecule has 0 spiro atoms. The maximum absolute atomic E-state index is 13.4. The van der Waals surface area contributed by atoms with Crippen molar-refractivity contribution in [2.45, 2.75) is 71.8 Å². The molecule has 3 rings (SSSR count). The Morgan fingerprint density at radius 2 is 1.58 bits per heavy atom. The lowest BCUT2D eigenvalue weighted by Crippen LogP contribution is -2.63. The number of hydrogen-bond acceptors (Lipinski definition) is 6. The number of carbonyl (C=O) groups is 3. The number of nitrogens with zero attached hydrogens (tertiary/aromatic N) is 4. The number of rotatable bonds is 6. The van der Waals surface area contributed by atoms with Crippen LogP contribution in [0.25, 0.3) is 0 Å². The molecule has 2 fully saturated rings. The molecular formula is C27H42N4O5. The Labute approximate surface area is 215 Å². The fourth-order valence-corrected chi connectivity index (χ4v) is 4.85. The van der Waals surface area contributed by atoms with Crippen LogP contribution in [0.5, 0.6) is 0 Å². The molecule has 1 aromatic carbocycles. The van der Waals surface area contributed by atoms with Crippen molar-refractivity contribution in [2.75, 3.05) is 45.8 Å². The molecular weight excluding hydrogens is 460 g/mol. The summed E-state index contributed by atoms with van der Waals surface area (Å²) in [4.78, 5) is 46.4. The largest absolute Gasteiger partial charge is 0.445 e. The van der Waals surface area contributed by atoms with Crippen molar-refractivity contribution >= 4 is 18.1 Å². The first-order chi connectivity index (χ1) is 17.1. The Morgan fingerprint density at radius 1 is 0.944 bits per heavy atom. The first kappa shape index (κ1) is 27.8. The monoisotopic (exact) mass is 502 g/mol. The summed E-state index contributed by atoms with van der Waals surface area (Å²) in [7, 11) is 0. The minimum Gasteiger partial charge on any atom is -0.445 e. The molecule has 0 aromatic heterocycles. The predicted molar refractivity (Wildman–Crippen MR) is 137 cm³/mol. The zero-order valence-corrected chi connectivity index (χ0v) is 22.4. The third-order valence-electron chi connectivity index (χ3n) is 6.84. The molecule has 0 aliphatic carbocycles. The summed E-state index contributed by atoms with van der Waals surface area (Å²) < 4.78 is 11.1. The van der Waals surface area contributed by atoms with Gasteiger partial charge in [0, 0.05) is 51.9 Å². The molecule has 2 saturated heterocycles. The topological polar surface area (TPSA) is 82.6 Å². The van der Waals surface area contributed by atoms with Gasteiger partial charge in [0.25, 0.3) is 0 Å². The Morgan fingerprint density at radius 3 is 2.17 bits per heavy atom. The summed E-state index contributed by atoms with van der Waals surface area (Å²) in [6.07, 6.45) is 0.888. The number of piperazine rings is 1. The second-order valence-electron chi connectivity index (χ2n) is 10.5. The maximum atomic E-state index is 13.4. The van der Waals surface area contributed by atoms with Gasteiger partial charge in [0.2, 0.25) is 5.91 Å². The van der Waals surface area contributed by atoms with Gasteiger partial charge in [0.05, 0.1) is 0 Å². The standard InChI is InChI=1S/C27H42N4O5/c1-6-28(7-2)24(32)23-19-30(22-13-15-29(16-14-22)25(33)36-27(3,4)5)17-18-31(23)26(34)35-20-21-11-9-8-10-12-21/h8-12,22-23H,6-7,13-20H2,1-5H3. The molecule has 2 heterocycles. The van der Waals surface area contributed by atoms with Gasteiger partial charge < -0.3 is 19.3 Å². The number of benzene rings is 1. The maximum Gasteiger partial charge on any atom is 0.410 e. The zero-order chi connectivity index (χ0) is 26.3. The highest BCUT2D eigenvalue weighted by Gasteiger charge is 2.40. The summed E-state index contributed by atoms with van der Waals surface area (Å²) in [5.74, 6) is -0.0486. The molecule has 2 aliphatic rings. The summed E-state index contributed by atoms with van der Waals surface area (Å²) in [5.41, 5.74) is 0.394. The summed E-state index contributed by atoms with van der Waals surface area (Å²) in [6.45, 7) is 13.7. The van der Waals surface area contributed by atoms with Crippen LogP contribution in [0.4, 0.5) is 9.59 Å². The average Bonchev–Trinajstić information content (AvgIpc) is 2.87. The van der Waals surface area contributed by atoms with E-state index in [1.807, 2.05) is 65.0 Å². The van der Waals surface area contributed by atoms with Crippen molar-refractivity contribution in [3.8, 4) is 0 Å². The number of amides is 3. The van der Waals surface area contributed by atoms with Gasteiger partial charge in [-0.3, -0.25) is 14.6 Å². The quantitative estimate of drug-likeness (QED) is 0.591. The van der Waals surface area contributed by atoms with Crippen molar-refractivity contribution in [3.63, 3.8) is 0 Å². The summed E-state index contributed by atoms with van der Waals surface area (Å²) in [5, 5.41) is 0. The number of likely N-dealkylation sites (N-methyl/N-ethyl adjacent to an activating group) is 1. The Kier molecular flexibility index (Phi) is 9.59. The molecule has 0 N–H and O–H groups in total. The smallest absolute Gasteiger partial charge is 0.410 e. The molecule has 0 saturated carbocycles. The van der Waals surface area contributed by atoms with Crippen LogP contribution in [-0.4, -0.2) is 101 Å². The third-order valence-corrected chi connectivity index (χ3v) is 6.84. The Hall–Kier alpha value is -2.81. The molecule has 0 bridgehead atoms. The van der Waals surface area contributed by atoms with Gasteiger partial charge in [-0.2, -0.15) is 0 Å². The lowest BCUT2D eigenvalue weighted by Gasteiger charge is -2.46. The highest BCUT2D eigenvalue weighted by Crippen LogP contribution is 2.23. The number of likely N-dealkylation sites (tertiary alicyclic amines) is 1. The molecule has 2 aliphatic heterocycles. The fourth-order valence-electron chi connectivity index (χ4n) is 4.85. The predicted octanol–water partition coefficient (Wildman–Crippen LogP) is 3.58. The second-order valence-corrected chi connectivity index (χ2v) is 10.5. The van der Waals surface area contributed by atoms with Crippen LogP contribution in [0.3, 0.4) is 0 Å². The normalized spacial score (nSPS) is 19.6. The minimum absolute atomic E-state index is 0.0486. The fraction of sp³-hybridized carbons (Fsp3) is 0.667. The van der Waals surface area contributed by atoms with Gasteiger partial charge in [-0.15, -0.1) is 0 Å². The van der Waals surface area contributed by atoms with Crippen molar-refractivity contribution in [1.29, 1.82) is 0 Å². The highest BCUT2D eigenvalue weighted by molar-refractivity contribution is 5.86. The molecule has 36 heavy (non-hydrogen) atoms. The van der Waals surface area contributed by atoms with Crippen LogP contribution in [-0.2, 0) is 20.9 Å². The first-order valence-electron chi connectivity index (χ1n) is 13.1. The van der Waals surface area contributed by atoms with Crippen molar-refractivity contribution in [2.24, 2.45) is 0 Å². The van der Waals surface area contributed by atoms with E-state index < -0.39 is 17.7 Å². The second kappa shape index (κ2) is 12.4. The van der Waals surface area contributed by atoms with E-state index in [1.54, 1.807) is 14.7 Å². The van der Waals surface area contributed by atoms with Gasteiger partial charge in [0.15, 0.2) is 0 Å². The van der Waals surface area contributed by atoms with E-state index in [4.69, 9.17) is 9.47 Å². The van der Waals surface area contributed by atoms with E-state index in [2.05, 4.69) is 4.90 Å². The van der Waals surface area contributed by atoms with E-state index in [-0.39, 0.29) is 24.6 Å². The van der Waals surface area contributed by atoms with E-state index in [0.717, 1.165) is 18.4 Å². The van der Waals surface area contributed by atoms with E-state index in [9.17, 15) is 14.4 Å². The Balaban J connectivity index is 1.64. The highest BCUT2D eigenvalue weighted by atomic mass is 16.6. The lowest BCUT2D eigenvalue weighted by molar-refractivity contribution is -0.139. The number of carbonyl (C=O) groups excluding carboxylic acids is 3. The number of piperidine rings is 1. The Bertz CT molecular complexity index is 876. The van der Waals surface area contributed by atoms with Crippen molar-refractivity contribution in [1.82, 2.24) is 19.6 Å². The summed E-state index contributed by atoms with van der Waals surface area (Å²) >= 11 is 0. The van der Waals surface area contributed by atoms with E-state index in [1.165, 1.54) is 0 Å². The van der Waals surface area contributed by atoms with Crippen molar-refractivity contribution < 1.29 is 23.9 Å². The van der Waals surface area contributed by atoms with Gasteiger partial charge in [-0.25, -0.2) is 9.59 Å².